The van der Waals surface area contributed by atoms with Crippen LogP contribution in [0.1, 0.15) is 52.0 Å². The van der Waals surface area contributed by atoms with E-state index in [1.807, 2.05) is 20.8 Å². The van der Waals surface area contributed by atoms with E-state index < -0.39 is 23.4 Å². The Morgan fingerprint density at radius 2 is 1.84 bits per heavy atom. The summed E-state index contributed by atoms with van der Waals surface area (Å²) in [5.41, 5.74) is -0.427. The third-order valence-electron chi connectivity index (χ3n) is 6.03. The Bertz CT molecular complexity index is 1210. The van der Waals surface area contributed by atoms with E-state index in [-0.39, 0.29) is 17.6 Å². The van der Waals surface area contributed by atoms with Crippen molar-refractivity contribution in [2.75, 3.05) is 6.61 Å². The summed E-state index contributed by atoms with van der Waals surface area (Å²) < 4.78 is 52.9. The van der Waals surface area contributed by atoms with E-state index in [2.05, 4.69) is 20.4 Å². The lowest BCUT2D eigenvalue weighted by Crippen LogP contribution is -2.41. The molecule has 1 N–H and O–H groups in total. The number of ether oxygens (including phenoxy) is 2. The summed E-state index contributed by atoms with van der Waals surface area (Å²) in [4.78, 5) is 20.4. The topological polar surface area (TPSA) is 91.2 Å². The fourth-order valence-corrected chi connectivity index (χ4v) is 4.28. The molecule has 198 valence electrons. The maximum Gasteiger partial charge on any atom is 0.418 e. The first kappa shape index (κ1) is 26.4. The molecule has 2 aromatic heterocycles. The van der Waals surface area contributed by atoms with Gasteiger partial charge >= 0.3 is 12.3 Å². The molecule has 1 aromatic carbocycles. The average Bonchev–Trinajstić information content (AvgIpc) is 3.32. The summed E-state index contributed by atoms with van der Waals surface area (Å²) in [6, 6.07) is 5.32. The first-order valence-corrected chi connectivity index (χ1v) is 12.1. The Morgan fingerprint density at radius 1 is 1.11 bits per heavy atom. The molecule has 4 rings (SSSR count). The van der Waals surface area contributed by atoms with Crippen molar-refractivity contribution < 1.29 is 27.4 Å². The van der Waals surface area contributed by atoms with Gasteiger partial charge in [0.2, 0.25) is 0 Å². The van der Waals surface area contributed by atoms with Gasteiger partial charge in [-0.3, -0.25) is 0 Å². The van der Waals surface area contributed by atoms with Crippen LogP contribution in [0.4, 0.5) is 18.0 Å². The van der Waals surface area contributed by atoms with Crippen LogP contribution in [0.15, 0.2) is 49.2 Å². The molecule has 11 heteroatoms. The smallest absolute Gasteiger partial charge is 0.418 e. The lowest BCUT2D eigenvalue weighted by Gasteiger charge is -2.30. The number of halogens is 3. The molecule has 0 bridgehead atoms. The average molecular weight is 518 g/mol. The van der Waals surface area contributed by atoms with Gasteiger partial charge in [0.15, 0.2) is 5.75 Å². The van der Waals surface area contributed by atoms with Crippen molar-refractivity contribution in [2.24, 2.45) is 5.92 Å². The van der Waals surface area contributed by atoms with Crippen LogP contribution >= 0.6 is 0 Å². The zero-order chi connectivity index (χ0) is 26.6. The molecule has 0 saturated heterocycles. The standard InChI is InChI=1S/C26H30F3N5O3/c1-25(2,3)37-24(35)33-19-10-8-17(9-11-19)15-36-22-13-30-16-31-23(22)18-12-32-34(14-18)21-7-5-4-6-20(21)26(27,28)29/h4-7,12-14,16-17,19H,8-11,15H2,1-3H3,(H,33,35). The SMILES string of the molecule is CC(C)(C)OC(=O)NC1CCC(COc2cncnc2-c2cnn(-c3ccccc3C(F)(F)F)c2)CC1. The number of alkyl carbamates (subject to hydrolysis) is 1. The van der Waals surface area contributed by atoms with Crippen LogP contribution in [0.5, 0.6) is 5.75 Å². The van der Waals surface area contributed by atoms with Gasteiger partial charge in [-0.05, 0) is 64.5 Å². The highest BCUT2D eigenvalue weighted by Gasteiger charge is 2.34. The highest BCUT2D eigenvalue weighted by molar-refractivity contribution is 5.68. The molecule has 0 unspecified atom stereocenters. The molecule has 0 aliphatic heterocycles. The van der Waals surface area contributed by atoms with Crippen LogP contribution in [0.2, 0.25) is 0 Å². The van der Waals surface area contributed by atoms with Crippen LogP contribution in [-0.4, -0.2) is 44.1 Å². The number of carbonyl (C=O) groups excluding carboxylic acids is 1. The van der Waals surface area contributed by atoms with Crippen LogP contribution in [-0.2, 0) is 10.9 Å². The van der Waals surface area contributed by atoms with Gasteiger partial charge in [0.25, 0.3) is 0 Å². The molecule has 1 amide bonds. The van der Waals surface area contributed by atoms with Crippen LogP contribution in [0.25, 0.3) is 16.9 Å². The number of alkyl halides is 3. The summed E-state index contributed by atoms with van der Waals surface area (Å²) in [6.45, 7) is 5.92. The zero-order valence-corrected chi connectivity index (χ0v) is 21.0. The largest absolute Gasteiger partial charge is 0.489 e. The van der Waals surface area contributed by atoms with Crippen molar-refractivity contribution in [3.8, 4) is 22.7 Å². The third kappa shape index (κ3) is 6.99. The van der Waals surface area contributed by atoms with Gasteiger partial charge in [-0.25, -0.2) is 19.4 Å². The Balaban J connectivity index is 1.38. The molecular formula is C26H30F3N5O3. The van der Waals surface area contributed by atoms with E-state index in [0.29, 0.717) is 23.6 Å². The van der Waals surface area contributed by atoms with E-state index in [9.17, 15) is 18.0 Å². The van der Waals surface area contributed by atoms with Gasteiger partial charge in [-0.2, -0.15) is 18.3 Å². The number of amides is 1. The van der Waals surface area contributed by atoms with Gasteiger partial charge < -0.3 is 14.8 Å². The first-order chi connectivity index (χ1) is 17.5. The lowest BCUT2D eigenvalue weighted by atomic mass is 9.86. The Morgan fingerprint density at radius 3 is 2.54 bits per heavy atom. The Hall–Kier alpha value is -3.63. The molecule has 8 nitrogen and oxygen atoms in total. The Labute approximate surface area is 213 Å². The molecular weight excluding hydrogens is 487 g/mol. The highest BCUT2D eigenvalue weighted by atomic mass is 19.4. The van der Waals surface area contributed by atoms with E-state index >= 15 is 0 Å². The number of aromatic nitrogens is 4. The van der Waals surface area contributed by atoms with Gasteiger partial charge in [-0.1, -0.05) is 12.1 Å². The molecule has 1 saturated carbocycles. The van der Waals surface area contributed by atoms with E-state index in [0.717, 1.165) is 31.7 Å². The number of hydrogen-bond donors (Lipinski definition) is 1. The highest BCUT2D eigenvalue weighted by Crippen LogP contribution is 2.35. The Kier molecular flexibility index (Phi) is 7.70. The fraction of sp³-hybridized carbons (Fsp3) is 0.462. The second-order valence-electron chi connectivity index (χ2n) is 10.1. The van der Waals surface area contributed by atoms with Gasteiger partial charge in [-0.15, -0.1) is 0 Å². The summed E-state index contributed by atoms with van der Waals surface area (Å²) in [5, 5.41) is 7.07. The fourth-order valence-electron chi connectivity index (χ4n) is 4.28. The second kappa shape index (κ2) is 10.8. The number of rotatable bonds is 6. The van der Waals surface area contributed by atoms with Crippen LogP contribution in [0.3, 0.4) is 0 Å². The van der Waals surface area contributed by atoms with E-state index in [1.165, 1.54) is 41.6 Å². The summed E-state index contributed by atoms with van der Waals surface area (Å²) in [7, 11) is 0. The minimum absolute atomic E-state index is 0.0622. The van der Waals surface area contributed by atoms with Crippen molar-refractivity contribution in [3.05, 3.63) is 54.7 Å². The maximum atomic E-state index is 13.4. The third-order valence-corrected chi connectivity index (χ3v) is 6.03. The van der Waals surface area contributed by atoms with Crippen LogP contribution < -0.4 is 10.1 Å². The number of nitrogens with one attached hydrogen (secondary N) is 1. The number of para-hydroxylation sites is 1. The first-order valence-electron chi connectivity index (χ1n) is 12.1. The van der Waals surface area contributed by atoms with Gasteiger partial charge in [0.1, 0.15) is 17.6 Å². The number of carbonyl (C=O) groups is 1. The second-order valence-corrected chi connectivity index (χ2v) is 10.1. The quantitative estimate of drug-likeness (QED) is 0.444. The van der Waals surface area contributed by atoms with Gasteiger partial charge in [0, 0.05) is 17.8 Å². The molecule has 1 aliphatic rings. The molecule has 0 radical (unpaired) electrons. The minimum Gasteiger partial charge on any atom is -0.489 e. The van der Waals surface area contributed by atoms with E-state index in [4.69, 9.17) is 9.47 Å². The predicted octanol–water partition coefficient (Wildman–Crippen LogP) is 5.81. The van der Waals surface area contributed by atoms with Crippen molar-refractivity contribution in [1.82, 2.24) is 25.1 Å². The van der Waals surface area contributed by atoms with Crippen molar-refractivity contribution in [3.63, 3.8) is 0 Å². The summed E-state index contributed by atoms with van der Waals surface area (Å²) in [5.74, 6) is 0.714. The minimum atomic E-state index is -4.51. The molecule has 0 spiro atoms. The molecule has 2 heterocycles. The zero-order valence-electron chi connectivity index (χ0n) is 21.0. The monoisotopic (exact) mass is 517 g/mol. The summed E-state index contributed by atoms with van der Waals surface area (Å²) in [6.07, 6.45) is 4.31. The number of benzene rings is 1. The van der Waals surface area contributed by atoms with Crippen LogP contribution in [0, 0.1) is 5.92 Å². The molecule has 1 aliphatic carbocycles. The normalized spacial score (nSPS) is 18.3. The van der Waals surface area contributed by atoms with E-state index in [1.54, 1.807) is 6.20 Å². The van der Waals surface area contributed by atoms with Crippen molar-refractivity contribution >= 4 is 6.09 Å². The molecule has 0 atom stereocenters. The summed E-state index contributed by atoms with van der Waals surface area (Å²) >= 11 is 0. The maximum absolute atomic E-state index is 13.4. The van der Waals surface area contributed by atoms with Crippen molar-refractivity contribution in [2.45, 2.75) is 64.3 Å². The predicted molar refractivity (Wildman–Crippen MR) is 130 cm³/mol. The number of nitrogens with zero attached hydrogens (tertiary/aromatic N) is 4. The van der Waals surface area contributed by atoms with Gasteiger partial charge in [0.05, 0.1) is 30.3 Å². The molecule has 1 fully saturated rings. The molecule has 3 aromatic rings. The molecule has 37 heavy (non-hydrogen) atoms. The van der Waals surface area contributed by atoms with Crippen molar-refractivity contribution in [1.29, 1.82) is 0 Å². The number of hydrogen-bond acceptors (Lipinski definition) is 6. The lowest BCUT2D eigenvalue weighted by molar-refractivity contribution is -0.137.